The number of nitrogens with two attached hydrogens (primary N) is 7. The summed E-state index contributed by atoms with van der Waals surface area (Å²) in [7, 11) is 0. The van der Waals surface area contributed by atoms with Gasteiger partial charge in [0.05, 0.1) is 0 Å². The largest absolute Gasteiger partial charge is 0.330 e. The predicted octanol–water partition coefficient (Wildman–Crippen LogP) is -0.579. The summed E-state index contributed by atoms with van der Waals surface area (Å²) >= 11 is 0. The molecule has 1 heterocycles. The summed E-state index contributed by atoms with van der Waals surface area (Å²) in [4.78, 5) is 13.2. The lowest BCUT2D eigenvalue weighted by Crippen LogP contribution is -2.41. The molecule has 0 spiro atoms. The van der Waals surface area contributed by atoms with Gasteiger partial charge in [0, 0.05) is 32.7 Å². The molecule has 52 heavy (non-hydrogen) atoms. The second-order valence-electron chi connectivity index (χ2n) is 14.9. The van der Waals surface area contributed by atoms with E-state index in [9.17, 15) is 0 Å². The fourth-order valence-electron chi connectivity index (χ4n) is 7.49. The van der Waals surface area contributed by atoms with Gasteiger partial charge in [-0.1, -0.05) is 0 Å². The average molecular weight is 743 g/mol. The van der Waals surface area contributed by atoms with Gasteiger partial charge in [-0.25, -0.2) is 10.0 Å². The lowest BCUT2D eigenvalue weighted by Gasteiger charge is -2.30. The number of nitrogens with zero attached hydrogens (tertiary/aromatic N) is 7. The summed E-state index contributed by atoms with van der Waals surface area (Å²) in [5.41, 5.74) is 41.1. The zero-order chi connectivity index (χ0) is 37.9. The first-order valence-electron chi connectivity index (χ1n) is 21.6. The van der Waals surface area contributed by atoms with Gasteiger partial charge in [0.1, 0.15) is 0 Å². The molecule has 312 valence electrons. The van der Waals surface area contributed by atoms with E-state index >= 15 is 0 Å². The van der Waals surface area contributed by atoms with Crippen LogP contribution in [0.5, 0.6) is 0 Å². The van der Waals surface area contributed by atoms with Crippen LogP contribution in [0.25, 0.3) is 0 Å². The molecular formula is C38H90N14. The molecular weight excluding hydrogens is 653 g/mol. The predicted molar refractivity (Wildman–Crippen MR) is 224 cm³/mol. The van der Waals surface area contributed by atoms with Gasteiger partial charge in [-0.05, 0) is 214 Å². The highest BCUT2D eigenvalue weighted by Gasteiger charge is 2.21. The highest BCUT2D eigenvalue weighted by atomic mass is 15.6. The van der Waals surface area contributed by atoms with Gasteiger partial charge in [0.2, 0.25) is 0 Å². The highest BCUT2D eigenvalue weighted by molar-refractivity contribution is 4.72. The van der Waals surface area contributed by atoms with E-state index in [1.807, 2.05) is 0 Å². The Morgan fingerprint density at radius 2 is 0.500 bits per heavy atom. The summed E-state index contributed by atoms with van der Waals surface area (Å²) in [5, 5.41) is 5.01. The normalized spacial score (nSPS) is 14.5. The number of hydrogen-bond acceptors (Lipinski definition) is 14. The van der Waals surface area contributed by atoms with Crippen LogP contribution in [0.2, 0.25) is 0 Å². The van der Waals surface area contributed by atoms with Crippen molar-refractivity contribution in [3.8, 4) is 0 Å². The van der Waals surface area contributed by atoms with E-state index in [4.69, 9.17) is 40.1 Å². The van der Waals surface area contributed by atoms with Gasteiger partial charge in [0.15, 0.2) is 0 Å². The Labute approximate surface area is 321 Å². The summed E-state index contributed by atoms with van der Waals surface area (Å²) < 4.78 is 0. The Hall–Kier alpha value is -0.560. The maximum atomic E-state index is 5.91. The third kappa shape index (κ3) is 26.3. The van der Waals surface area contributed by atoms with Crippen molar-refractivity contribution in [1.82, 2.24) is 34.5 Å². The van der Waals surface area contributed by atoms with Crippen LogP contribution < -0.4 is 40.1 Å². The molecule has 1 rings (SSSR count). The van der Waals surface area contributed by atoms with Crippen LogP contribution in [0.3, 0.4) is 0 Å². The molecule has 0 aromatic heterocycles. The zero-order valence-electron chi connectivity index (χ0n) is 34.0. The van der Waals surface area contributed by atoms with Crippen LogP contribution in [-0.2, 0) is 0 Å². The first-order chi connectivity index (χ1) is 25.5. The Morgan fingerprint density at radius 3 is 0.750 bits per heavy atom. The van der Waals surface area contributed by atoms with Crippen LogP contribution in [0.4, 0.5) is 0 Å². The minimum atomic E-state index is 0.725. The quantitative estimate of drug-likeness (QED) is 0.0420. The van der Waals surface area contributed by atoms with E-state index in [0.717, 1.165) is 209 Å². The minimum Gasteiger partial charge on any atom is -0.330 e. The van der Waals surface area contributed by atoms with Gasteiger partial charge in [-0.3, -0.25) is 0 Å². The zero-order valence-corrected chi connectivity index (χ0v) is 34.0. The SMILES string of the molecule is NCCCN(CCCN)CCCN(CCCN(CCCN)CCCN)CCCN(CCCN(CCCN)CCCN)CCCN1CCCN1CCN. The molecule has 0 amide bonds. The van der Waals surface area contributed by atoms with Gasteiger partial charge >= 0.3 is 0 Å². The fraction of sp³-hybridized carbons (Fsp3) is 1.00. The molecule has 0 saturated carbocycles. The summed E-state index contributed by atoms with van der Waals surface area (Å²) in [5.74, 6) is 0. The molecule has 0 radical (unpaired) electrons. The molecule has 0 bridgehead atoms. The highest BCUT2D eigenvalue weighted by Crippen LogP contribution is 2.11. The van der Waals surface area contributed by atoms with Gasteiger partial charge in [0.25, 0.3) is 0 Å². The maximum Gasteiger partial charge on any atom is 0.0256 e. The summed E-state index contributed by atoms with van der Waals surface area (Å²) in [6, 6.07) is 0. The van der Waals surface area contributed by atoms with Crippen molar-refractivity contribution in [2.45, 2.75) is 77.0 Å². The van der Waals surface area contributed by atoms with Crippen molar-refractivity contribution in [2.75, 3.05) is 170 Å². The molecule has 0 unspecified atom stereocenters. The molecule has 1 aliphatic heterocycles. The lowest BCUT2D eigenvalue weighted by molar-refractivity contribution is 0.0266. The standard InChI is InChI=1S/C38H90N14/c39-13-1-20-46(21-2-14-40)26-7-29-49(30-8-27-47(22-3-15-41)23-4-16-42)31-10-33-50(32-9-28-48(24-5-17-43)25-6-18-44)34-11-35-51-36-12-37-52(51)38-19-45/h1-45H2. The first kappa shape index (κ1) is 49.5. The van der Waals surface area contributed by atoms with E-state index in [2.05, 4.69) is 34.5 Å². The number of rotatable bonds is 40. The molecule has 1 fully saturated rings. The van der Waals surface area contributed by atoms with E-state index in [-0.39, 0.29) is 0 Å². The van der Waals surface area contributed by atoms with Crippen molar-refractivity contribution >= 4 is 0 Å². The van der Waals surface area contributed by atoms with E-state index in [1.54, 1.807) is 0 Å². The first-order valence-corrected chi connectivity index (χ1v) is 21.6. The van der Waals surface area contributed by atoms with Crippen molar-refractivity contribution < 1.29 is 0 Å². The third-order valence-electron chi connectivity index (χ3n) is 10.4. The van der Waals surface area contributed by atoms with Gasteiger partial charge < -0.3 is 64.6 Å². The maximum absolute atomic E-state index is 5.91. The molecule has 0 aliphatic carbocycles. The van der Waals surface area contributed by atoms with Crippen LogP contribution in [0.15, 0.2) is 0 Å². The van der Waals surface area contributed by atoms with Gasteiger partial charge in [-0.2, -0.15) is 0 Å². The third-order valence-corrected chi connectivity index (χ3v) is 10.4. The van der Waals surface area contributed by atoms with E-state index in [1.165, 1.54) is 38.5 Å². The monoisotopic (exact) mass is 743 g/mol. The Balaban J connectivity index is 2.85. The Bertz CT molecular complexity index is 688. The van der Waals surface area contributed by atoms with E-state index < -0.39 is 0 Å². The number of hydrazine groups is 1. The summed E-state index contributed by atoms with van der Waals surface area (Å²) in [6.45, 7) is 26.2. The van der Waals surface area contributed by atoms with Crippen molar-refractivity contribution in [1.29, 1.82) is 0 Å². The topological polar surface area (TPSA) is 205 Å². The Morgan fingerprint density at radius 1 is 0.269 bits per heavy atom. The second kappa shape index (κ2) is 36.1. The smallest absolute Gasteiger partial charge is 0.0256 e. The lowest BCUT2D eigenvalue weighted by atomic mass is 10.2. The number of hydrogen-bond donors (Lipinski definition) is 7. The molecule has 1 saturated heterocycles. The molecule has 0 atom stereocenters. The molecule has 1 aliphatic rings. The van der Waals surface area contributed by atoms with Gasteiger partial charge in [-0.15, -0.1) is 0 Å². The van der Waals surface area contributed by atoms with Crippen LogP contribution in [0, 0.1) is 0 Å². The Kier molecular flexibility index (Phi) is 34.3. The molecule has 0 aromatic carbocycles. The summed E-state index contributed by atoms with van der Waals surface area (Å²) in [6.07, 6.45) is 13.5. The minimum absolute atomic E-state index is 0.725. The van der Waals surface area contributed by atoms with Crippen LogP contribution in [0.1, 0.15) is 77.0 Å². The average Bonchev–Trinajstić information content (AvgIpc) is 3.60. The molecule has 14 nitrogen and oxygen atoms in total. The van der Waals surface area contributed by atoms with Crippen LogP contribution >= 0.6 is 0 Å². The van der Waals surface area contributed by atoms with Crippen molar-refractivity contribution in [2.24, 2.45) is 40.1 Å². The van der Waals surface area contributed by atoms with Crippen molar-refractivity contribution in [3.05, 3.63) is 0 Å². The van der Waals surface area contributed by atoms with Crippen LogP contribution in [-0.4, -0.2) is 205 Å². The molecule has 14 heteroatoms. The van der Waals surface area contributed by atoms with E-state index in [0.29, 0.717) is 0 Å². The van der Waals surface area contributed by atoms with Crippen molar-refractivity contribution in [3.63, 3.8) is 0 Å². The second-order valence-corrected chi connectivity index (χ2v) is 14.9. The fourth-order valence-corrected chi connectivity index (χ4v) is 7.49. The molecule has 14 N–H and O–H groups in total. The molecule has 0 aromatic rings.